The van der Waals surface area contributed by atoms with Gasteiger partial charge in [-0.05, 0) is 13.1 Å². The zero-order chi connectivity index (χ0) is 17.2. The lowest BCUT2D eigenvalue weighted by atomic mass is 10.4. The largest absolute Gasteiger partial charge is 0.398 e. The van der Waals surface area contributed by atoms with Crippen LogP contribution in [-0.2, 0) is 17.7 Å². The van der Waals surface area contributed by atoms with E-state index < -0.39 is 17.1 Å². The van der Waals surface area contributed by atoms with Gasteiger partial charge in [-0.15, -0.1) is 0 Å². The lowest BCUT2D eigenvalue weighted by Gasteiger charge is -2.32. The third-order valence-corrected chi connectivity index (χ3v) is 15.3. The molecule has 0 saturated heterocycles. The lowest BCUT2D eigenvalue weighted by Crippen LogP contribution is -2.43. The van der Waals surface area contributed by atoms with Gasteiger partial charge in [0.15, 0.2) is 0 Å². The van der Waals surface area contributed by atoms with E-state index in [1.54, 1.807) is 28.4 Å². The highest BCUT2D eigenvalue weighted by Gasteiger charge is 2.39. The molecule has 0 aromatic carbocycles. The van der Waals surface area contributed by atoms with Gasteiger partial charge in [-0.3, -0.25) is 0 Å². The van der Waals surface area contributed by atoms with Gasteiger partial charge in [0, 0.05) is 51.0 Å². The Bertz CT molecular complexity index is 262. The van der Waals surface area contributed by atoms with E-state index in [1.165, 1.54) is 0 Å². The monoisotopic (exact) mass is 386 g/mol. The molecule has 2 atom stereocenters. The maximum Gasteiger partial charge on any atom is 0.338 e. The summed E-state index contributed by atoms with van der Waals surface area (Å²) in [4.78, 5) is 0. The average molecular weight is 387 g/mol. The van der Waals surface area contributed by atoms with Crippen LogP contribution in [0.2, 0.25) is 24.2 Å². The van der Waals surface area contributed by atoms with Crippen molar-refractivity contribution in [3.8, 4) is 0 Å². The van der Waals surface area contributed by atoms with Gasteiger partial charge in [0.25, 0.3) is 0 Å². The Morgan fingerprint density at radius 3 is 1.14 bits per heavy atom. The summed E-state index contributed by atoms with van der Waals surface area (Å²) in [5, 5.41) is 0. The first kappa shape index (κ1) is 23.0. The summed E-state index contributed by atoms with van der Waals surface area (Å²) in [5.74, 6) is 2.14. The topological polar surface area (TPSA) is 36.9 Å². The van der Waals surface area contributed by atoms with Crippen molar-refractivity contribution in [3.05, 3.63) is 0 Å². The molecule has 2 unspecified atom stereocenters. The minimum atomic E-state index is -2.04. The molecule has 134 valence electrons. The van der Waals surface area contributed by atoms with Gasteiger partial charge in [0.05, 0.1) is 0 Å². The van der Waals surface area contributed by atoms with Crippen LogP contribution in [0.25, 0.3) is 0 Å². The summed E-state index contributed by atoms with van der Waals surface area (Å²) in [5.41, 5.74) is 1.02. The molecular weight excluding hydrogens is 352 g/mol. The minimum Gasteiger partial charge on any atom is -0.398 e. The van der Waals surface area contributed by atoms with E-state index in [2.05, 4.69) is 26.9 Å². The van der Waals surface area contributed by atoms with Gasteiger partial charge in [-0.25, -0.2) is 0 Å². The molecule has 0 aromatic rings. The lowest BCUT2D eigenvalue weighted by molar-refractivity contribution is 0.237. The molecule has 0 heterocycles. The van der Waals surface area contributed by atoms with Crippen LogP contribution in [0.5, 0.6) is 0 Å². The quantitative estimate of drug-likeness (QED) is 0.260. The second kappa shape index (κ2) is 11.5. The van der Waals surface area contributed by atoms with Crippen molar-refractivity contribution in [2.75, 3.05) is 39.9 Å². The van der Waals surface area contributed by atoms with Crippen LogP contribution in [0, 0.1) is 0 Å². The van der Waals surface area contributed by atoms with Crippen LogP contribution in [0.4, 0.5) is 0 Å². The Labute approximate surface area is 147 Å². The predicted octanol–water partition coefficient (Wildman–Crippen LogP) is 4.66. The van der Waals surface area contributed by atoms with Crippen molar-refractivity contribution >= 4 is 38.7 Å². The van der Waals surface area contributed by atoms with E-state index in [-0.39, 0.29) is 0 Å². The Morgan fingerprint density at radius 1 is 0.682 bits per heavy atom. The highest BCUT2D eigenvalue weighted by atomic mass is 33.1. The Kier molecular flexibility index (Phi) is 12.0. The van der Waals surface area contributed by atoms with Crippen LogP contribution in [0.15, 0.2) is 0 Å². The zero-order valence-electron chi connectivity index (χ0n) is 15.4. The number of rotatable bonds is 13. The van der Waals surface area contributed by atoms with Gasteiger partial charge in [-0.1, -0.05) is 48.3 Å². The molecule has 0 radical (unpaired) electrons. The van der Waals surface area contributed by atoms with Crippen LogP contribution >= 0.6 is 21.6 Å². The van der Waals surface area contributed by atoms with E-state index in [1.807, 2.05) is 21.6 Å². The fourth-order valence-corrected chi connectivity index (χ4v) is 11.7. The molecule has 0 amide bonds. The Balaban J connectivity index is 4.39. The highest BCUT2D eigenvalue weighted by molar-refractivity contribution is 8.76. The Hall–Kier alpha value is 0.974. The SMILES string of the molecule is CCC(CSSCC(CC)[Si](C)(OC)OC)[Si](C)(OC)OC. The van der Waals surface area contributed by atoms with E-state index in [0.29, 0.717) is 11.1 Å². The van der Waals surface area contributed by atoms with Crippen molar-refractivity contribution in [2.24, 2.45) is 0 Å². The van der Waals surface area contributed by atoms with Crippen molar-refractivity contribution < 1.29 is 17.7 Å². The molecule has 0 saturated carbocycles. The van der Waals surface area contributed by atoms with Crippen LogP contribution in [0.1, 0.15) is 26.7 Å². The molecule has 0 aromatic heterocycles. The molecule has 22 heavy (non-hydrogen) atoms. The van der Waals surface area contributed by atoms with Crippen molar-refractivity contribution in [2.45, 2.75) is 50.9 Å². The first-order valence-corrected chi connectivity index (χ1v) is 15.1. The third-order valence-electron chi connectivity index (χ3n) is 4.71. The zero-order valence-corrected chi connectivity index (χ0v) is 19.1. The highest BCUT2D eigenvalue weighted by Crippen LogP contribution is 2.39. The van der Waals surface area contributed by atoms with Crippen LogP contribution in [0.3, 0.4) is 0 Å². The number of hydrogen-bond acceptors (Lipinski definition) is 6. The number of hydrogen-bond donors (Lipinski definition) is 0. The van der Waals surface area contributed by atoms with Crippen molar-refractivity contribution in [3.63, 3.8) is 0 Å². The van der Waals surface area contributed by atoms with Crippen molar-refractivity contribution in [1.29, 1.82) is 0 Å². The molecule has 0 fully saturated rings. The van der Waals surface area contributed by atoms with Crippen LogP contribution < -0.4 is 0 Å². The maximum absolute atomic E-state index is 5.69. The molecule has 0 spiro atoms. The normalized spacial score (nSPS) is 15.8. The molecule has 0 bridgehead atoms. The molecule has 0 N–H and O–H groups in total. The summed E-state index contributed by atoms with van der Waals surface area (Å²) in [6.07, 6.45) is 2.19. The molecule has 0 aliphatic heterocycles. The fourth-order valence-electron chi connectivity index (χ4n) is 2.37. The smallest absolute Gasteiger partial charge is 0.338 e. The predicted molar refractivity (Wildman–Crippen MR) is 104 cm³/mol. The van der Waals surface area contributed by atoms with Gasteiger partial charge in [0.1, 0.15) is 0 Å². The first-order valence-electron chi connectivity index (χ1n) is 7.82. The van der Waals surface area contributed by atoms with Gasteiger partial charge in [-0.2, -0.15) is 0 Å². The van der Waals surface area contributed by atoms with Gasteiger partial charge in [0.2, 0.25) is 0 Å². The van der Waals surface area contributed by atoms with Crippen LogP contribution in [-0.4, -0.2) is 57.1 Å². The van der Waals surface area contributed by atoms with E-state index in [9.17, 15) is 0 Å². The molecule has 0 aliphatic carbocycles. The second-order valence-electron chi connectivity index (χ2n) is 5.63. The molecule has 4 nitrogen and oxygen atoms in total. The summed E-state index contributed by atoms with van der Waals surface area (Å²) in [6.45, 7) is 8.74. The van der Waals surface area contributed by atoms with E-state index in [0.717, 1.165) is 24.3 Å². The summed E-state index contributed by atoms with van der Waals surface area (Å²) in [7, 11) is 6.88. The first-order chi connectivity index (χ1) is 10.4. The maximum atomic E-state index is 5.69. The second-order valence-corrected chi connectivity index (χ2v) is 15.5. The van der Waals surface area contributed by atoms with Gasteiger partial charge >= 0.3 is 17.1 Å². The standard InChI is InChI=1S/C14H34O4S2Si2/c1-9-13(21(7,15-3)16-4)11-19-20-12-14(10-2)22(8,17-5)18-6/h13-14H,9-12H2,1-8H3. The average Bonchev–Trinajstić information content (AvgIpc) is 2.56. The molecular formula is C14H34O4S2Si2. The van der Waals surface area contributed by atoms with Crippen molar-refractivity contribution in [1.82, 2.24) is 0 Å². The third kappa shape index (κ3) is 6.47. The molecule has 0 aliphatic rings. The van der Waals surface area contributed by atoms with Gasteiger partial charge < -0.3 is 17.7 Å². The van der Waals surface area contributed by atoms with E-state index in [4.69, 9.17) is 17.7 Å². The Morgan fingerprint density at radius 2 is 0.955 bits per heavy atom. The minimum absolute atomic E-state index is 0.508. The van der Waals surface area contributed by atoms with E-state index >= 15 is 0 Å². The fraction of sp³-hybridized carbons (Fsp3) is 1.00. The summed E-state index contributed by atoms with van der Waals surface area (Å²) < 4.78 is 22.8. The summed E-state index contributed by atoms with van der Waals surface area (Å²) >= 11 is 0. The molecule has 0 rings (SSSR count). The summed E-state index contributed by atoms with van der Waals surface area (Å²) in [6, 6.07) is 0. The molecule has 8 heteroatoms.